The monoisotopic (exact) mass is 650 g/mol. The Morgan fingerprint density at radius 1 is 1.00 bits per heavy atom. The molecule has 15 heteroatoms. The van der Waals surface area contributed by atoms with E-state index in [-0.39, 0.29) is 57.1 Å². The molecule has 226 valence electrons. The molecule has 0 radical (unpaired) electrons. The van der Waals surface area contributed by atoms with Gasteiger partial charge in [-0.15, -0.1) is 11.3 Å². The molecule has 1 aliphatic carbocycles. The van der Waals surface area contributed by atoms with Gasteiger partial charge in [0.05, 0.1) is 21.9 Å². The minimum atomic E-state index is -4.97. The molecule has 2 amide bonds. The highest BCUT2D eigenvalue weighted by Crippen LogP contribution is 2.40. The number of thioether (sulfide) groups is 1. The number of carbonyl (C=O) groups excluding carboxylic acids is 2. The van der Waals surface area contributed by atoms with Crippen LogP contribution < -0.4 is 5.32 Å². The van der Waals surface area contributed by atoms with Crippen LogP contribution in [0.1, 0.15) is 48.1 Å². The molecule has 0 bridgehead atoms. The summed E-state index contributed by atoms with van der Waals surface area (Å²) in [4.78, 5) is 38.3. The summed E-state index contributed by atoms with van der Waals surface area (Å²) in [5.74, 6) is -1.70. The van der Waals surface area contributed by atoms with Crippen molar-refractivity contribution < 1.29 is 45.8 Å². The molecule has 1 aromatic heterocycles. The van der Waals surface area contributed by atoms with Crippen LogP contribution in [0.4, 0.5) is 26.3 Å². The molecule has 0 atom stereocenters. The molecule has 4 rings (SSSR count). The first-order valence-electron chi connectivity index (χ1n) is 12.7. The van der Waals surface area contributed by atoms with Gasteiger partial charge in [-0.3, -0.25) is 19.3 Å². The molecular formula is C27H24F6N2O4S3. The van der Waals surface area contributed by atoms with Gasteiger partial charge in [-0.05, 0) is 78.4 Å². The average Bonchev–Trinajstić information content (AvgIpc) is 3.49. The number of rotatable bonds is 8. The lowest BCUT2D eigenvalue weighted by atomic mass is 9.82. The number of alkyl halides is 6. The van der Waals surface area contributed by atoms with E-state index in [4.69, 9.17) is 17.3 Å². The zero-order valence-corrected chi connectivity index (χ0v) is 24.1. The predicted molar refractivity (Wildman–Crippen MR) is 150 cm³/mol. The van der Waals surface area contributed by atoms with E-state index < -0.39 is 35.4 Å². The summed E-state index contributed by atoms with van der Waals surface area (Å²) in [5.41, 5.74) is -2.97. The van der Waals surface area contributed by atoms with Gasteiger partial charge in [0.25, 0.3) is 5.91 Å². The van der Waals surface area contributed by atoms with Gasteiger partial charge in [0.1, 0.15) is 4.32 Å². The van der Waals surface area contributed by atoms with E-state index in [1.54, 1.807) is 0 Å². The molecule has 6 nitrogen and oxygen atoms in total. The molecule has 42 heavy (non-hydrogen) atoms. The SMILES string of the molecule is O=C(CCN1C(=O)C(=Cc2cc(-c3cc(C(F)(F)F)cc(C(F)(F)F)c3)cs2)SC1=S)NCC1CCC(C(=O)O)CC1. The first-order valence-corrected chi connectivity index (χ1v) is 14.9. The minimum Gasteiger partial charge on any atom is -0.481 e. The Morgan fingerprint density at radius 2 is 1.62 bits per heavy atom. The fourth-order valence-electron chi connectivity index (χ4n) is 4.70. The molecule has 1 aliphatic heterocycles. The highest BCUT2D eigenvalue weighted by Gasteiger charge is 2.37. The van der Waals surface area contributed by atoms with E-state index in [0.29, 0.717) is 49.2 Å². The normalized spacial score (nSPS) is 20.8. The number of hydrogen-bond donors (Lipinski definition) is 2. The third-order valence-electron chi connectivity index (χ3n) is 7.03. The molecule has 2 aromatic rings. The maximum Gasteiger partial charge on any atom is 0.416 e. The van der Waals surface area contributed by atoms with E-state index in [9.17, 15) is 40.7 Å². The Hall–Kier alpha value is -2.91. The summed E-state index contributed by atoms with van der Waals surface area (Å²) in [6, 6.07) is 2.75. The van der Waals surface area contributed by atoms with Crippen molar-refractivity contribution in [3.8, 4) is 11.1 Å². The zero-order chi connectivity index (χ0) is 30.8. The first kappa shape index (κ1) is 32.0. The number of hydrogen-bond acceptors (Lipinski definition) is 6. The van der Waals surface area contributed by atoms with Crippen LogP contribution >= 0.6 is 35.3 Å². The third kappa shape index (κ3) is 7.92. The second-order valence-electron chi connectivity index (χ2n) is 9.98. The van der Waals surface area contributed by atoms with Crippen LogP contribution in [0, 0.1) is 11.8 Å². The molecule has 0 spiro atoms. The fourth-order valence-corrected chi connectivity index (χ4v) is 6.92. The van der Waals surface area contributed by atoms with Gasteiger partial charge in [0.2, 0.25) is 5.91 Å². The van der Waals surface area contributed by atoms with Crippen molar-refractivity contribution in [2.45, 2.75) is 44.5 Å². The van der Waals surface area contributed by atoms with Gasteiger partial charge in [-0.1, -0.05) is 24.0 Å². The van der Waals surface area contributed by atoms with Crippen molar-refractivity contribution in [2.75, 3.05) is 13.1 Å². The van der Waals surface area contributed by atoms with Crippen LogP contribution in [0.2, 0.25) is 0 Å². The maximum absolute atomic E-state index is 13.2. The number of thiocarbonyl (C=S) groups is 1. The maximum atomic E-state index is 13.2. The smallest absolute Gasteiger partial charge is 0.416 e. The molecule has 1 saturated heterocycles. The Labute approximate surface area is 250 Å². The van der Waals surface area contributed by atoms with E-state index in [0.717, 1.165) is 23.1 Å². The third-order valence-corrected chi connectivity index (χ3v) is 9.29. The molecule has 1 aromatic carbocycles. The number of amides is 2. The highest BCUT2D eigenvalue weighted by molar-refractivity contribution is 8.26. The van der Waals surface area contributed by atoms with E-state index in [1.807, 2.05) is 0 Å². The van der Waals surface area contributed by atoms with Crippen LogP contribution in [-0.4, -0.2) is 45.2 Å². The van der Waals surface area contributed by atoms with Crippen LogP contribution in [-0.2, 0) is 26.7 Å². The summed E-state index contributed by atoms with van der Waals surface area (Å²) in [6.07, 6.45) is -5.94. The van der Waals surface area contributed by atoms with Crippen molar-refractivity contribution in [1.29, 1.82) is 0 Å². The van der Waals surface area contributed by atoms with E-state index >= 15 is 0 Å². The van der Waals surface area contributed by atoms with Gasteiger partial charge in [-0.2, -0.15) is 26.3 Å². The molecule has 0 unspecified atom stereocenters. The number of carboxylic acids is 1. The zero-order valence-electron chi connectivity index (χ0n) is 21.7. The predicted octanol–water partition coefficient (Wildman–Crippen LogP) is 7.05. The quantitative estimate of drug-likeness (QED) is 0.181. The van der Waals surface area contributed by atoms with E-state index in [1.165, 1.54) is 22.4 Å². The highest BCUT2D eigenvalue weighted by atomic mass is 32.2. The topological polar surface area (TPSA) is 86.7 Å². The van der Waals surface area contributed by atoms with Gasteiger partial charge in [0, 0.05) is 24.4 Å². The lowest BCUT2D eigenvalue weighted by Gasteiger charge is -2.26. The number of nitrogens with zero attached hydrogens (tertiary/aromatic N) is 1. The van der Waals surface area contributed by atoms with Crippen LogP contribution in [0.5, 0.6) is 0 Å². The Balaban J connectivity index is 1.37. The Kier molecular flexibility index (Phi) is 9.72. The van der Waals surface area contributed by atoms with Crippen molar-refractivity contribution >= 4 is 63.5 Å². The van der Waals surface area contributed by atoms with Crippen LogP contribution in [0.3, 0.4) is 0 Å². The molecule has 2 aliphatic rings. The standard InChI is InChI=1S/C27H24F6N2O4S3/c28-26(29,30)18-7-16(8-19(10-18)27(31,32)33)17-9-20(41-13-17)11-21-23(37)35(25(40)42-21)6-5-22(36)34-12-14-1-3-15(4-2-14)24(38)39/h7-11,13-15H,1-6,12H2,(H,34,36)(H,38,39). The number of carbonyl (C=O) groups is 3. The largest absolute Gasteiger partial charge is 0.481 e. The molecule has 1 saturated carbocycles. The summed E-state index contributed by atoms with van der Waals surface area (Å²) >= 11 is 7.30. The van der Waals surface area contributed by atoms with Crippen molar-refractivity contribution in [2.24, 2.45) is 11.8 Å². The second-order valence-corrected chi connectivity index (χ2v) is 12.6. The number of carboxylic acid groups (broad SMARTS) is 1. The first-order chi connectivity index (χ1) is 19.6. The van der Waals surface area contributed by atoms with Gasteiger partial charge in [0.15, 0.2) is 0 Å². The second kappa shape index (κ2) is 12.8. The summed E-state index contributed by atoms with van der Waals surface area (Å²) in [5, 5.41) is 13.3. The summed E-state index contributed by atoms with van der Waals surface area (Å²) < 4.78 is 79.7. The summed E-state index contributed by atoms with van der Waals surface area (Å²) in [7, 11) is 0. The van der Waals surface area contributed by atoms with Gasteiger partial charge < -0.3 is 10.4 Å². The summed E-state index contributed by atoms with van der Waals surface area (Å²) in [6.45, 7) is 0.445. The van der Waals surface area contributed by atoms with Crippen molar-refractivity contribution in [3.05, 3.63) is 50.6 Å². The minimum absolute atomic E-state index is 0.00950. The van der Waals surface area contributed by atoms with Gasteiger partial charge >= 0.3 is 18.3 Å². The van der Waals surface area contributed by atoms with Crippen molar-refractivity contribution in [1.82, 2.24) is 10.2 Å². The van der Waals surface area contributed by atoms with Gasteiger partial charge in [-0.25, -0.2) is 0 Å². The molecule has 2 heterocycles. The number of thiophene rings is 1. The number of benzene rings is 1. The molecule has 2 N–H and O–H groups in total. The fraction of sp³-hybridized carbons (Fsp3) is 0.407. The lowest BCUT2D eigenvalue weighted by Crippen LogP contribution is -2.36. The Morgan fingerprint density at radius 3 is 2.19 bits per heavy atom. The molecular weight excluding hydrogens is 626 g/mol. The van der Waals surface area contributed by atoms with E-state index in [2.05, 4.69) is 5.32 Å². The molecule has 2 fully saturated rings. The number of nitrogens with one attached hydrogen (secondary N) is 1. The van der Waals surface area contributed by atoms with Crippen molar-refractivity contribution in [3.63, 3.8) is 0 Å². The number of halogens is 6. The van der Waals surface area contributed by atoms with Crippen LogP contribution in [0.15, 0.2) is 34.6 Å². The lowest BCUT2D eigenvalue weighted by molar-refractivity contribution is -0.144. The Bertz CT molecular complexity index is 1380. The average molecular weight is 651 g/mol. The van der Waals surface area contributed by atoms with Crippen LogP contribution in [0.25, 0.3) is 17.2 Å². The number of aliphatic carboxylic acids is 1.